The maximum Gasteiger partial charge on any atom is 0.319 e. The van der Waals surface area contributed by atoms with Gasteiger partial charge in [-0.1, -0.05) is 30.3 Å². The maximum atomic E-state index is 12.1. The number of nitrogens with one attached hydrogen (secondary N) is 2. The number of urea groups is 1. The summed E-state index contributed by atoms with van der Waals surface area (Å²) in [5.41, 5.74) is 1.88. The SMILES string of the molecule is CSc1ccc(NC(=O)NCC(CC(C)O)c2ccccc2)cc1. The van der Waals surface area contributed by atoms with Gasteiger partial charge in [-0.15, -0.1) is 11.8 Å². The van der Waals surface area contributed by atoms with Crippen LogP contribution in [0, 0.1) is 0 Å². The normalized spacial score (nSPS) is 13.1. The summed E-state index contributed by atoms with van der Waals surface area (Å²) in [5.74, 6) is 0.0795. The van der Waals surface area contributed by atoms with E-state index in [-0.39, 0.29) is 11.9 Å². The minimum absolute atomic E-state index is 0.0795. The van der Waals surface area contributed by atoms with Crippen molar-refractivity contribution >= 4 is 23.5 Å². The number of rotatable bonds is 7. The van der Waals surface area contributed by atoms with Crippen LogP contribution >= 0.6 is 11.8 Å². The Morgan fingerprint density at radius 2 is 1.79 bits per heavy atom. The van der Waals surface area contributed by atoms with Gasteiger partial charge in [0.15, 0.2) is 0 Å². The molecule has 0 heterocycles. The van der Waals surface area contributed by atoms with E-state index in [1.54, 1.807) is 18.7 Å². The van der Waals surface area contributed by atoms with Gasteiger partial charge >= 0.3 is 6.03 Å². The summed E-state index contributed by atoms with van der Waals surface area (Å²) in [4.78, 5) is 13.3. The minimum atomic E-state index is -0.417. The first-order valence-electron chi connectivity index (χ1n) is 8.00. The van der Waals surface area contributed by atoms with Crippen LogP contribution in [0.1, 0.15) is 24.8 Å². The van der Waals surface area contributed by atoms with Crippen LogP contribution in [0.5, 0.6) is 0 Å². The molecule has 24 heavy (non-hydrogen) atoms. The molecule has 0 aromatic heterocycles. The maximum absolute atomic E-state index is 12.1. The highest BCUT2D eigenvalue weighted by atomic mass is 32.2. The van der Waals surface area contributed by atoms with Gasteiger partial charge in [-0.05, 0) is 49.4 Å². The summed E-state index contributed by atoms with van der Waals surface area (Å²) in [6.45, 7) is 2.24. The Morgan fingerprint density at radius 1 is 1.12 bits per heavy atom. The predicted octanol–water partition coefficient (Wildman–Crippen LogP) is 4.08. The molecule has 3 N–H and O–H groups in total. The summed E-state index contributed by atoms with van der Waals surface area (Å²) in [7, 11) is 0. The molecule has 0 saturated heterocycles. The van der Waals surface area contributed by atoms with Gasteiger partial charge in [-0.2, -0.15) is 0 Å². The lowest BCUT2D eigenvalue weighted by molar-refractivity contribution is 0.173. The molecule has 2 aromatic rings. The Morgan fingerprint density at radius 3 is 2.38 bits per heavy atom. The number of hydrogen-bond acceptors (Lipinski definition) is 3. The zero-order valence-corrected chi connectivity index (χ0v) is 14.8. The third kappa shape index (κ3) is 5.91. The predicted molar refractivity (Wildman–Crippen MR) is 101 cm³/mol. The fourth-order valence-electron chi connectivity index (χ4n) is 2.54. The van der Waals surface area contributed by atoms with Gasteiger partial charge in [-0.25, -0.2) is 4.79 Å². The van der Waals surface area contributed by atoms with Crippen molar-refractivity contribution in [3.05, 3.63) is 60.2 Å². The first-order chi connectivity index (χ1) is 11.6. The number of anilines is 1. The molecule has 0 bridgehead atoms. The van der Waals surface area contributed by atoms with Crippen molar-refractivity contribution in [1.82, 2.24) is 5.32 Å². The lowest BCUT2D eigenvalue weighted by Crippen LogP contribution is -2.33. The Balaban J connectivity index is 1.91. The molecule has 0 aliphatic carbocycles. The second kappa shape index (κ2) is 9.35. The lowest BCUT2D eigenvalue weighted by atomic mass is 9.93. The third-order valence-electron chi connectivity index (χ3n) is 3.75. The zero-order chi connectivity index (χ0) is 17.4. The van der Waals surface area contributed by atoms with Gasteiger partial charge in [0.2, 0.25) is 0 Å². The Bertz CT molecular complexity index is 630. The molecular formula is C19H24N2O2S. The fourth-order valence-corrected chi connectivity index (χ4v) is 2.95. The van der Waals surface area contributed by atoms with Crippen molar-refractivity contribution in [2.75, 3.05) is 18.1 Å². The van der Waals surface area contributed by atoms with Gasteiger partial charge in [0.05, 0.1) is 6.10 Å². The summed E-state index contributed by atoms with van der Waals surface area (Å²) in [6.07, 6.45) is 2.20. The largest absolute Gasteiger partial charge is 0.393 e. The van der Waals surface area contributed by atoms with Crippen molar-refractivity contribution in [2.45, 2.75) is 30.3 Å². The summed E-state index contributed by atoms with van der Waals surface area (Å²) in [6, 6.07) is 17.4. The molecular weight excluding hydrogens is 320 g/mol. The van der Waals surface area contributed by atoms with E-state index in [0.29, 0.717) is 13.0 Å². The lowest BCUT2D eigenvalue weighted by Gasteiger charge is -2.20. The number of aliphatic hydroxyl groups is 1. The van der Waals surface area contributed by atoms with Crippen molar-refractivity contribution in [1.29, 1.82) is 0 Å². The monoisotopic (exact) mass is 344 g/mol. The topological polar surface area (TPSA) is 61.4 Å². The quantitative estimate of drug-likeness (QED) is 0.663. The summed E-state index contributed by atoms with van der Waals surface area (Å²) in [5, 5.41) is 15.4. The number of amides is 2. The number of thioether (sulfide) groups is 1. The second-order valence-corrected chi connectivity index (χ2v) is 6.64. The van der Waals surface area contributed by atoms with E-state index in [2.05, 4.69) is 10.6 Å². The van der Waals surface area contributed by atoms with Crippen LogP contribution in [-0.4, -0.2) is 30.0 Å². The van der Waals surface area contributed by atoms with Crippen molar-refractivity contribution in [3.8, 4) is 0 Å². The Kier molecular flexibility index (Phi) is 7.15. The van der Waals surface area contributed by atoms with Crippen LogP contribution in [0.2, 0.25) is 0 Å². The average molecular weight is 344 g/mol. The second-order valence-electron chi connectivity index (χ2n) is 5.76. The van der Waals surface area contributed by atoms with E-state index < -0.39 is 6.10 Å². The zero-order valence-electron chi connectivity index (χ0n) is 14.0. The molecule has 5 heteroatoms. The van der Waals surface area contributed by atoms with Gasteiger partial charge < -0.3 is 15.7 Å². The van der Waals surface area contributed by atoms with Crippen molar-refractivity contribution in [2.24, 2.45) is 0 Å². The van der Waals surface area contributed by atoms with Crippen LogP contribution in [-0.2, 0) is 0 Å². The van der Waals surface area contributed by atoms with Crippen LogP contribution in [0.15, 0.2) is 59.5 Å². The summed E-state index contributed by atoms with van der Waals surface area (Å²) >= 11 is 1.66. The molecule has 2 rings (SSSR count). The first kappa shape index (κ1) is 18.4. The van der Waals surface area contributed by atoms with Gasteiger partial charge in [0, 0.05) is 23.0 Å². The standard InChI is InChI=1S/C19H24N2O2S/c1-14(22)12-16(15-6-4-3-5-7-15)13-20-19(23)21-17-8-10-18(24-2)11-9-17/h3-11,14,16,22H,12-13H2,1-2H3,(H2,20,21,23). The molecule has 0 radical (unpaired) electrons. The van der Waals surface area contributed by atoms with Gasteiger partial charge in [-0.3, -0.25) is 0 Å². The van der Waals surface area contributed by atoms with E-state index in [1.807, 2.05) is 60.9 Å². The van der Waals surface area contributed by atoms with Crippen LogP contribution < -0.4 is 10.6 Å². The van der Waals surface area contributed by atoms with Crippen LogP contribution in [0.25, 0.3) is 0 Å². The van der Waals surface area contributed by atoms with Crippen LogP contribution in [0.4, 0.5) is 10.5 Å². The molecule has 2 atom stereocenters. The van der Waals surface area contributed by atoms with Gasteiger partial charge in [0.25, 0.3) is 0 Å². The molecule has 0 aliphatic heterocycles. The number of aliphatic hydroxyl groups excluding tert-OH is 1. The number of benzene rings is 2. The van der Waals surface area contributed by atoms with Crippen LogP contribution in [0.3, 0.4) is 0 Å². The van der Waals surface area contributed by atoms with E-state index in [4.69, 9.17) is 0 Å². The Labute approximate surface area is 147 Å². The number of hydrogen-bond donors (Lipinski definition) is 3. The van der Waals surface area contributed by atoms with Gasteiger partial charge in [0.1, 0.15) is 0 Å². The minimum Gasteiger partial charge on any atom is -0.393 e. The van der Waals surface area contributed by atoms with E-state index in [9.17, 15) is 9.90 Å². The molecule has 0 spiro atoms. The average Bonchev–Trinajstić information content (AvgIpc) is 2.59. The van der Waals surface area contributed by atoms with E-state index in [0.717, 1.165) is 16.1 Å². The molecule has 128 valence electrons. The molecule has 0 aliphatic rings. The molecule has 0 saturated carbocycles. The molecule has 4 nitrogen and oxygen atoms in total. The van der Waals surface area contributed by atoms with E-state index >= 15 is 0 Å². The molecule has 2 aromatic carbocycles. The molecule has 0 fully saturated rings. The summed E-state index contributed by atoms with van der Waals surface area (Å²) < 4.78 is 0. The number of carbonyl (C=O) groups is 1. The highest BCUT2D eigenvalue weighted by molar-refractivity contribution is 7.98. The molecule has 2 amide bonds. The smallest absolute Gasteiger partial charge is 0.319 e. The molecule has 2 unspecified atom stereocenters. The third-order valence-corrected chi connectivity index (χ3v) is 4.50. The number of carbonyl (C=O) groups excluding carboxylic acids is 1. The van der Waals surface area contributed by atoms with E-state index in [1.165, 1.54) is 0 Å². The highest BCUT2D eigenvalue weighted by Gasteiger charge is 2.15. The van der Waals surface area contributed by atoms with Crippen molar-refractivity contribution in [3.63, 3.8) is 0 Å². The first-order valence-corrected chi connectivity index (χ1v) is 9.23. The van der Waals surface area contributed by atoms with Crippen molar-refractivity contribution < 1.29 is 9.90 Å². The fraction of sp³-hybridized carbons (Fsp3) is 0.316. The highest BCUT2D eigenvalue weighted by Crippen LogP contribution is 2.21. The Hall–Kier alpha value is -1.98.